The van der Waals surface area contributed by atoms with Crippen LogP contribution < -0.4 is 5.32 Å². The minimum Gasteiger partial charge on any atom is -0.369 e. The smallest absolute Gasteiger partial charge is 0.264 e. The molecule has 1 saturated heterocycles. The molecule has 0 spiro atoms. The number of alkyl halides is 2. The van der Waals surface area contributed by atoms with E-state index in [1.54, 1.807) is 30.3 Å². The van der Waals surface area contributed by atoms with Crippen LogP contribution in [0.1, 0.15) is 15.9 Å². The van der Waals surface area contributed by atoms with Crippen LogP contribution in [0.4, 0.5) is 13.2 Å². The van der Waals surface area contributed by atoms with Gasteiger partial charge in [-0.2, -0.15) is 0 Å². The lowest BCUT2D eigenvalue weighted by atomic mass is 9.79. The highest BCUT2D eigenvalue weighted by Crippen LogP contribution is 2.49. The molecule has 152 valence electrons. The van der Waals surface area contributed by atoms with E-state index in [4.69, 9.17) is 4.74 Å². The van der Waals surface area contributed by atoms with Crippen LogP contribution in [0.15, 0.2) is 58.0 Å². The topological polar surface area (TPSA) is 50.7 Å². The highest BCUT2D eigenvalue weighted by Gasteiger charge is 2.56. The molecule has 4 rings (SSSR count). The Bertz CT molecular complexity index is 960. The van der Waals surface area contributed by atoms with E-state index in [0.717, 1.165) is 11.8 Å². The van der Waals surface area contributed by atoms with E-state index in [2.05, 4.69) is 26.2 Å². The second-order valence-electron chi connectivity index (χ2n) is 6.81. The molecular weight excluding hydrogens is 469 g/mol. The summed E-state index contributed by atoms with van der Waals surface area (Å²) in [5.41, 5.74) is -0.722. The van der Waals surface area contributed by atoms with Gasteiger partial charge in [0.2, 0.25) is 0 Å². The van der Waals surface area contributed by atoms with Crippen LogP contribution in [0.25, 0.3) is 0 Å². The summed E-state index contributed by atoms with van der Waals surface area (Å²) < 4.78 is 47.8. The fourth-order valence-corrected chi connectivity index (χ4v) is 5.24. The molecule has 9 heteroatoms. The molecule has 1 N–H and O–H groups in total. The van der Waals surface area contributed by atoms with Gasteiger partial charge in [0.25, 0.3) is 12.3 Å². The zero-order valence-electron chi connectivity index (χ0n) is 14.9. The molecule has 2 aliphatic heterocycles. The number of carbonyl (C=O) groups is 1. The van der Waals surface area contributed by atoms with E-state index >= 15 is 0 Å². The Kier molecular flexibility index (Phi) is 5.72. The lowest BCUT2D eigenvalue weighted by Crippen LogP contribution is -2.45. The van der Waals surface area contributed by atoms with Crippen molar-refractivity contribution in [1.29, 1.82) is 0 Å². The minimum atomic E-state index is -2.71. The number of carbonyl (C=O) groups excluding carboxylic acids is 1. The second-order valence-corrected chi connectivity index (χ2v) is 8.74. The average molecular weight is 485 g/mol. The molecular formula is C20H16BrF3N2O2S. The van der Waals surface area contributed by atoms with Gasteiger partial charge in [-0.15, -0.1) is 0 Å². The van der Waals surface area contributed by atoms with E-state index < -0.39 is 29.8 Å². The number of fused-ring (bicyclic) bond motifs is 1. The van der Waals surface area contributed by atoms with Crippen LogP contribution in [0.5, 0.6) is 0 Å². The Morgan fingerprint density at radius 1 is 1.28 bits per heavy atom. The molecule has 4 nitrogen and oxygen atoms in total. The molecule has 0 radical (unpaired) electrons. The number of hydrogen-bond acceptors (Lipinski definition) is 4. The van der Waals surface area contributed by atoms with E-state index in [1.807, 2.05) is 0 Å². The molecule has 1 amide bonds. The molecule has 0 saturated carbocycles. The van der Waals surface area contributed by atoms with Gasteiger partial charge in [-0.1, -0.05) is 45.9 Å². The van der Waals surface area contributed by atoms with Gasteiger partial charge in [0.05, 0.1) is 6.61 Å². The first-order chi connectivity index (χ1) is 13.9. The van der Waals surface area contributed by atoms with Crippen molar-refractivity contribution in [3.8, 4) is 0 Å². The first kappa shape index (κ1) is 20.4. The van der Waals surface area contributed by atoms with Crippen molar-refractivity contribution in [3.63, 3.8) is 0 Å². The number of hydrogen-bond donors (Lipinski definition) is 1. The largest absolute Gasteiger partial charge is 0.369 e. The van der Waals surface area contributed by atoms with Gasteiger partial charge >= 0.3 is 0 Å². The van der Waals surface area contributed by atoms with Crippen molar-refractivity contribution in [3.05, 3.63) is 69.9 Å². The number of halogens is 4. The maximum Gasteiger partial charge on any atom is 0.264 e. The SMILES string of the molecule is O=C(NC1=N[C@@]2(c3cc(Br)ccc3F)CO[C@H](C(F)F)[C@H]2CS1)c1ccccc1. The summed E-state index contributed by atoms with van der Waals surface area (Å²) >= 11 is 4.47. The highest BCUT2D eigenvalue weighted by molar-refractivity contribution is 9.10. The molecule has 3 atom stereocenters. The Labute approximate surface area is 178 Å². The third kappa shape index (κ3) is 3.83. The third-order valence-electron chi connectivity index (χ3n) is 5.11. The van der Waals surface area contributed by atoms with Crippen LogP contribution in [-0.4, -0.2) is 36.0 Å². The molecule has 2 aromatic carbocycles. The van der Waals surface area contributed by atoms with Gasteiger partial charge in [0.1, 0.15) is 17.5 Å². The number of nitrogens with zero attached hydrogens (tertiary/aromatic N) is 1. The summed E-state index contributed by atoms with van der Waals surface area (Å²) in [6, 6.07) is 12.9. The van der Waals surface area contributed by atoms with Gasteiger partial charge in [-0.3, -0.25) is 4.79 Å². The molecule has 0 unspecified atom stereocenters. The van der Waals surface area contributed by atoms with Crippen molar-refractivity contribution < 1.29 is 22.7 Å². The zero-order chi connectivity index (χ0) is 20.6. The van der Waals surface area contributed by atoms with E-state index in [9.17, 15) is 18.0 Å². The Morgan fingerprint density at radius 2 is 2.03 bits per heavy atom. The molecule has 2 heterocycles. The molecule has 2 aliphatic rings. The van der Waals surface area contributed by atoms with Crippen LogP contribution in [0.2, 0.25) is 0 Å². The number of ether oxygens (including phenoxy) is 1. The monoisotopic (exact) mass is 484 g/mol. The van der Waals surface area contributed by atoms with Gasteiger partial charge in [-0.25, -0.2) is 18.2 Å². The molecule has 2 aromatic rings. The summed E-state index contributed by atoms with van der Waals surface area (Å²) in [6.45, 7) is -0.189. The Balaban J connectivity index is 1.74. The second kappa shape index (κ2) is 8.12. The average Bonchev–Trinajstić information content (AvgIpc) is 3.10. The Morgan fingerprint density at radius 3 is 2.76 bits per heavy atom. The fraction of sp³-hybridized carbons (Fsp3) is 0.300. The molecule has 0 bridgehead atoms. The maximum absolute atomic E-state index is 14.7. The summed E-state index contributed by atoms with van der Waals surface area (Å²) in [7, 11) is 0. The number of aliphatic imine (C=N–C) groups is 1. The van der Waals surface area contributed by atoms with Gasteiger partial charge in [-0.05, 0) is 30.3 Å². The van der Waals surface area contributed by atoms with Crippen LogP contribution in [0.3, 0.4) is 0 Å². The number of thioether (sulfide) groups is 1. The summed E-state index contributed by atoms with van der Waals surface area (Å²) in [6.07, 6.45) is -4.07. The minimum absolute atomic E-state index is 0.173. The highest BCUT2D eigenvalue weighted by atomic mass is 79.9. The number of benzene rings is 2. The van der Waals surface area contributed by atoms with Crippen LogP contribution in [-0.2, 0) is 10.3 Å². The lowest BCUT2D eigenvalue weighted by Gasteiger charge is -2.36. The van der Waals surface area contributed by atoms with Crippen LogP contribution >= 0.6 is 27.7 Å². The van der Waals surface area contributed by atoms with Gasteiger partial charge < -0.3 is 10.1 Å². The molecule has 29 heavy (non-hydrogen) atoms. The molecule has 1 fully saturated rings. The number of amidine groups is 1. The lowest BCUT2D eigenvalue weighted by molar-refractivity contribution is -0.0359. The van der Waals surface area contributed by atoms with Crippen molar-refractivity contribution in [2.24, 2.45) is 10.9 Å². The number of nitrogens with one attached hydrogen (secondary N) is 1. The normalized spacial score (nSPS) is 26.2. The maximum atomic E-state index is 14.7. The van der Waals surface area contributed by atoms with Gasteiger partial charge in [0.15, 0.2) is 5.17 Å². The first-order valence-electron chi connectivity index (χ1n) is 8.85. The zero-order valence-corrected chi connectivity index (χ0v) is 17.4. The predicted molar refractivity (Wildman–Crippen MR) is 109 cm³/mol. The standard InChI is InChI=1S/C20H16BrF3N2O2S/c21-12-6-7-15(22)13(8-12)20-10-28-16(17(23)24)14(20)9-29-19(26-20)25-18(27)11-4-2-1-3-5-11/h1-8,14,16-17H,9-10H2,(H,25,26,27)/t14-,16+,20-/m1/s1. The summed E-state index contributed by atoms with van der Waals surface area (Å²) in [5, 5.41) is 2.97. The summed E-state index contributed by atoms with van der Waals surface area (Å²) in [5.74, 6) is -1.44. The predicted octanol–water partition coefficient (Wildman–Crippen LogP) is 4.60. The fourth-order valence-electron chi connectivity index (χ4n) is 3.69. The van der Waals surface area contributed by atoms with Crippen LogP contribution in [0, 0.1) is 11.7 Å². The molecule has 0 aliphatic carbocycles. The van der Waals surface area contributed by atoms with Crippen molar-refractivity contribution >= 4 is 38.8 Å². The third-order valence-corrected chi connectivity index (χ3v) is 6.59. The van der Waals surface area contributed by atoms with Gasteiger partial charge in [0, 0.05) is 27.3 Å². The van der Waals surface area contributed by atoms with Crippen molar-refractivity contribution in [1.82, 2.24) is 5.32 Å². The first-order valence-corrected chi connectivity index (χ1v) is 10.6. The number of amides is 1. The molecule has 0 aromatic heterocycles. The van der Waals surface area contributed by atoms with Crippen molar-refractivity contribution in [2.75, 3.05) is 12.4 Å². The number of rotatable bonds is 3. The Hall–Kier alpha value is -1.84. The van der Waals surface area contributed by atoms with E-state index in [-0.39, 0.29) is 29.0 Å². The van der Waals surface area contributed by atoms with E-state index in [1.165, 1.54) is 18.2 Å². The quantitative estimate of drug-likeness (QED) is 0.692. The van der Waals surface area contributed by atoms with Crippen molar-refractivity contribution in [2.45, 2.75) is 18.1 Å². The summed E-state index contributed by atoms with van der Waals surface area (Å²) in [4.78, 5) is 17.1. The van der Waals surface area contributed by atoms with E-state index in [0.29, 0.717) is 10.0 Å².